The van der Waals surface area contributed by atoms with Crippen LogP contribution >= 0.6 is 0 Å². The van der Waals surface area contributed by atoms with E-state index in [0.29, 0.717) is 0 Å². The van der Waals surface area contributed by atoms with E-state index in [0.717, 1.165) is 17.8 Å². The van der Waals surface area contributed by atoms with E-state index in [4.69, 9.17) is 0 Å². The van der Waals surface area contributed by atoms with E-state index in [9.17, 15) is 0 Å². The highest BCUT2D eigenvalue weighted by molar-refractivity contribution is 5.58. The summed E-state index contributed by atoms with van der Waals surface area (Å²) in [7, 11) is 0. The molecule has 0 fully saturated rings. The first-order chi connectivity index (χ1) is 13.4. The lowest BCUT2D eigenvalue weighted by molar-refractivity contribution is 0.794. The number of benzene rings is 1. The van der Waals surface area contributed by atoms with Crippen LogP contribution in [0.15, 0.2) is 97.8 Å². The zero-order chi connectivity index (χ0) is 18.3. The smallest absolute Gasteiger partial charge is 0.0570 e. The largest absolute Gasteiger partial charge is 0.354 e. The van der Waals surface area contributed by atoms with Crippen molar-refractivity contribution in [3.63, 3.8) is 0 Å². The Hall–Kier alpha value is -3.53. The maximum Gasteiger partial charge on any atom is 0.0570 e. The van der Waals surface area contributed by atoms with E-state index in [2.05, 4.69) is 56.7 Å². The van der Waals surface area contributed by atoms with Gasteiger partial charge in [-0.15, -0.1) is 0 Å². The number of nitrogens with one attached hydrogen (secondary N) is 1. The summed E-state index contributed by atoms with van der Waals surface area (Å²) in [5.41, 5.74) is 5.69. The van der Waals surface area contributed by atoms with Gasteiger partial charge in [0.2, 0.25) is 0 Å². The van der Waals surface area contributed by atoms with Gasteiger partial charge >= 0.3 is 0 Å². The first-order valence-corrected chi connectivity index (χ1v) is 8.94. The molecule has 3 aromatic heterocycles. The first-order valence-electron chi connectivity index (χ1n) is 8.94. The highest BCUT2D eigenvalue weighted by Crippen LogP contribution is 2.28. The van der Waals surface area contributed by atoms with Crippen molar-refractivity contribution in [3.05, 3.63) is 115 Å². The van der Waals surface area contributed by atoms with Gasteiger partial charge in [-0.25, -0.2) is 0 Å². The minimum atomic E-state index is 0.226. The SMILES string of the molecule is c1cncc(Nc2ccc(CC(c3cccnc3)c3cccnc3)cc2)c1. The molecule has 27 heavy (non-hydrogen) atoms. The van der Waals surface area contributed by atoms with Crippen LogP contribution in [0.4, 0.5) is 11.4 Å². The van der Waals surface area contributed by atoms with Gasteiger partial charge < -0.3 is 5.32 Å². The Morgan fingerprint density at radius 2 is 1.22 bits per heavy atom. The molecule has 0 unspecified atom stereocenters. The Bertz CT molecular complexity index is 916. The molecule has 4 heteroatoms. The second kappa shape index (κ2) is 8.23. The van der Waals surface area contributed by atoms with Crippen LogP contribution in [0.25, 0.3) is 0 Å². The van der Waals surface area contributed by atoms with E-state index < -0.39 is 0 Å². The van der Waals surface area contributed by atoms with Gasteiger partial charge in [0.25, 0.3) is 0 Å². The Kier molecular flexibility index (Phi) is 5.16. The van der Waals surface area contributed by atoms with Gasteiger partial charge in [0.15, 0.2) is 0 Å². The first kappa shape index (κ1) is 16.9. The molecule has 1 aromatic carbocycles. The second-order valence-electron chi connectivity index (χ2n) is 6.39. The zero-order valence-corrected chi connectivity index (χ0v) is 14.9. The predicted octanol–water partition coefficient (Wildman–Crippen LogP) is 4.99. The van der Waals surface area contributed by atoms with Crippen molar-refractivity contribution >= 4 is 11.4 Å². The van der Waals surface area contributed by atoms with E-state index in [1.165, 1.54) is 16.7 Å². The van der Waals surface area contributed by atoms with Crippen molar-refractivity contribution in [3.8, 4) is 0 Å². The van der Waals surface area contributed by atoms with Crippen LogP contribution in [0.1, 0.15) is 22.6 Å². The summed E-state index contributed by atoms with van der Waals surface area (Å²) >= 11 is 0. The molecule has 0 spiro atoms. The second-order valence-corrected chi connectivity index (χ2v) is 6.39. The topological polar surface area (TPSA) is 50.7 Å². The molecule has 0 aliphatic carbocycles. The van der Waals surface area contributed by atoms with Crippen molar-refractivity contribution in [2.24, 2.45) is 0 Å². The lowest BCUT2D eigenvalue weighted by atomic mass is 9.87. The van der Waals surface area contributed by atoms with Crippen LogP contribution in [0.3, 0.4) is 0 Å². The van der Waals surface area contributed by atoms with Gasteiger partial charge in [-0.05, 0) is 59.5 Å². The maximum atomic E-state index is 4.30. The summed E-state index contributed by atoms with van der Waals surface area (Å²) in [4.78, 5) is 12.7. The van der Waals surface area contributed by atoms with E-state index >= 15 is 0 Å². The van der Waals surface area contributed by atoms with Gasteiger partial charge in [-0.2, -0.15) is 0 Å². The van der Waals surface area contributed by atoms with Gasteiger partial charge in [0.1, 0.15) is 0 Å². The molecule has 0 aliphatic heterocycles. The van der Waals surface area contributed by atoms with Crippen LogP contribution < -0.4 is 5.32 Å². The van der Waals surface area contributed by atoms with Crippen molar-refractivity contribution < 1.29 is 0 Å². The minimum Gasteiger partial charge on any atom is -0.354 e. The predicted molar refractivity (Wildman–Crippen MR) is 108 cm³/mol. The number of aromatic nitrogens is 3. The number of rotatable bonds is 6. The monoisotopic (exact) mass is 352 g/mol. The summed E-state index contributed by atoms with van der Waals surface area (Å²) in [5.74, 6) is 0.226. The van der Waals surface area contributed by atoms with E-state index in [1.54, 1.807) is 6.20 Å². The molecule has 132 valence electrons. The Balaban J connectivity index is 1.55. The molecule has 4 nitrogen and oxygen atoms in total. The molecule has 0 saturated heterocycles. The average Bonchev–Trinajstić information content (AvgIpc) is 2.75. The standard InChI is InChI=1S/C23H20N4/c1-4-19(15-24-11-1)23(20-5-2-12-25-16-20)14-18-7-9-21(10-8-18)27-22-6-3-13-26-17-22/h1-13,15-17,23,27H,14H2. The molecule has 0 bridgehead atoms. The summed E-state index contributed by atoms with van der Waals surface area (Å²) in [6, 6.07) is 20.7. The third kappa shape index (κ3) is 4.36. The molecule has 3 heterocycles. The van der Waals surface area contributed by atoms with Crippen molar-refractivity contribution in [1.82, 2.24) is 15.0 Å². The fourth-order valence-electron chi connectivity index (χ4n) is 3.16. The number of pyridine rings is 3. The fraction of sp³-hybridized carbons (Fsp3) is 0.0870. The Labute approximate surface area is 159 Å². The molecule has 0 saturated carbocycles. The number of hydrogen-bond donors (Lipinski definition) is 1. The average molecular weight is 352 g/mol. The van der Waals surface area contributed by atoms with Gasteiger partial charge in [-0.3, -0.25) is 15.0 Å². The van der Waals surface area contributed by atoms with E-state index in [-0.39, 0.29) is 5.92 Å². The quantitative estimate of drug-likeness (QED) is 0.531. The minimum absolute atomic E-state index is 0.226. The highest BCUT2D eigenvalue weighted by atomic mass is 14.9. The zero-order valence-electron chi connectivity index (χ0n) is 14.9. The van der Waals surface area contributed by atoms with Crippen molar-refractivity contribution in [2.45, 2.75) is 12.3 Å². The van der Waals surface area contributed by atoms with Crippen LogP contribution in [0.2, 0.25) is 0 Å². The normalized spacial score (nSPS) is 10.7. The van der Waals surface area contributed by atoms with Gasteiger partial charge in [-0.1, -0.05) is 24.3 Å². The Morgan fingerprint density at radius 1 is 0.630 bits per heavy atom. The molecule has 0 atom stereocenters. The summed E-state index contributed by atoms with van der Waals surface area (Å²) < 4.78 is 0. The Morgan fingerprint density at radius 3 is 1.74 bits per heavy atom. The molecule has 4 aromatic rings. The molecule has 0 radical (unpaired) electrons. The van der Waals surface area contributed by atoms with Crippen molar-refractivity contribution in [1.29, 1.82) is 0 Å². The maximum absolute atomic E-state index is 4.30. The third-order valence-corrected chi connectivity index (χ3v) is 4.52. The van der Waals surface area contributed by atoms with Crippen molar-refractivity contribution in [2.75, 3.05) is 5.32 Å². The molecule has 1 N–H and O–H groups in total. The molecular weight excluding hydrogens is 332 g/mol. The van der Waals surface area contributed by atoms with Crippen LogP contribution in [-0.2, 0) is 6.42 Å². The van der Waals surface area contributed by atoms with Gasteiger partial charge in [0.05, 0.1) is 11.9 Å². The lowest BCUT2D eigenvalue weighted by Gasteiger charge is -2.18. The number of hydrogen-bond acceptors (Lipinski definition) is 4. The van der Waals surface area contributed by atoms with E-state index in [1.807, 2.05) is 55.2 Å². The van der Waals surface area contributed by atoms with Crippen LogP contribution in [-0.4, -0.2) is 15.0 Å². The summed E-state index contributed by atoms with van der Waals surface area (Å²) in [6.07, 6.45) is 12.0. The molecule has 4 rings (SSSR count). The third-order valence-electron chi connectivity index (χ3n) is 4.52. The van der Waals surface area contributed by atoms with Crippen LogP contribution in [0, 0.1) is 0 Å². The van der Waals surface area contributed by atoms with Gasteiger partial charge in [0, 0.05) is 42.6 Å². The lowest BCUT2D eigenvalue weighted by Crippen LogP contribution is -2.06. The molecule has 0 amide bonds. The molecule has 0 aliphatic rings. The highest BCUT2D eigenvalue weighted by Gasteiger charge is 2.15. The number of nitrogens with zero attached hydrogens (tertiary/aromatic N) is 3. The fourth-order valence-corrected chi connectivity index (χ4v) is 3.16. The summed E-state index contributed by atoms with van der Waals surface area (Å²) in [6.45, 7) is 0. The summed E-state index contributed by atoms with van der Waals surface area (Å²) in [5, 5.41) is 3.37. The molecular formula is C23H20N4. The number of anilines is 2. The van der Waals surface area contributed by atoms with Crippen LogP contribution in [0.5, 0.6) is 0 Å².